The van der Waals surface area contributed by atoms with Gasteiger partial charge >= 0.3 is 6.16 Å². The standard InChI is InChI=1S/C37H30O6/c38-19-20-41-33-17-13-29-23-27(25-7-3-1-4-8-25)11-15-31(29)35(33)36-32-16-12-28(26-9-5-2-6-10-26)24-30(32)14-18-34(36)42-21-22-43-37(39)40/h1-18,23-24,38H,19-22H2,(H,39,40). The molecule has 6 nitrogen and oxygen atoms in total. The van der Waals surface area contributed by atoms with Gasteiger partial charge in [-0.2, -0.15) is 0 Å². The molecule has 0 aliphatic rings. The Hall–Kier alpha value is -5.33. The molecule has 0 atom stereocenters. The molecule has 6 heteroatoms. The lowest BCUT2D eigenvalue weighted by molar-refractivity contribution is 0.0782. The maximum absolute atomic E-state index is 10.9. The van der Waals surface area contributed by atoms with Gasteiger partial charge in [0.2, 0.25) is 0 Å². The molecule has 214 valence electrons. The van der Waals surface area contributed by atoms with Gasteiger partial charge in [0.05, 0.1) is 6.61 Å². The third-order valence-corrected chi connectivity index (χ3v) is 7.34. The lowest BCUT2D eigenvalue weighted by atomic mass is 9.90. The summed E-state index contributed by atoms with van der Waals surface area (Å²) in [5.41, 5.74) is 6.06. The average Bonchev–Trinajstić information content (AvgIpc) is 3.05. The Kier molecular flexibility index (Phi) is 8.20. The minimum atomic E-state index is -1.35. The molecule has 0 radical (unpaired) electrons. The van der Waals surface area contributed by atoms with E-state index < -0.39 is 6.16 Å². The van der Waals surface area contributed by atoms with Crippen molar-refractivity contribution in [3.63, 3.8) is 0 Å². The summed E-state index contributed by atoms with van der Waals surface area (Å²) in [7, 11) is 0. The first kappa shape index (κ1) is 27.8. The molecule has 6 aromatic rings. The van der Waals surface area contributed by atoms with E-state index in [1.807, 2.05) is 60.7 Å². The van der Waals surface area contributed by atoms with Crippen LogP contribution in [-0.4, -0.2) is 42.8 Å². The van der Waals surface area contributed by atoms with Gasteiger partial charge < -0.3 is 24.4 Å². The highest BCUT2D eigenvalue weighted by atomic mass is 16.7. The van der Waals surface area contributed by atoms with Crippen LogP contribution in [0.5, 0.6) is 11.5 Å². The zero-order valence-electron chi connectivity index (χ0n) is 23.4. The summed E-state index contributed by atoms with van der Waals surface area (Å²) in [5, 5.41) is 22.5. The van der Waals surface area contributed by atoms with Crippen LogP contribution in [0.15, 0.2) is 121 Å². The highest BCUT2D eigenvalue weighted by Gasteiger charge is 2.20. The Bertz CT molecular complexity index is 1880. The molecule has 0 unspecified atom stereocenters. The first-order valence-electron chi connectivity index (χ1n) is 14.1. The van der Waals surface area contributed by atoms with Crippen molar-refractivity contribution in [3.8, 4) is 44.9 Å². The summed E-state index contributed by atoms with van der Waals surface area (Å²) < 4.78 is 17.0. The van der Waals surface area contributed by atoms with E-state index in [-0.39, 0.29) is 26.4 Å². The van der Waals surface area contributed by atoms with E-state index in [9.17, 15) is 9.90 Å². The van der Waals surface area contributed by atoms with Gasteiger partial charge in [0.25, 0.3) is 0 Å². The molecule has 0 fully saturated rings. The minimum absolute atomic E-state index is 0.0443. The van der Waals surface area contributed by atoms with Gasteiger partial charge in [-0.05, 0) is 68.1 Å². The van der Waals surface area contributed by atoms with Gasteiger partial charge in [0.15, 0.2) is 0 Å². The second kappa shape index (κ2) is 12.7. The van der Waals surface area contributed by atoms with Crippen LogP contribution in [0.25, 0.3) is 54.9 Å². The van der Waals surface area contributed by atoms with Gasteiger partial charge in [0.1, 0.15) is 31.3 Å². The summed E-state index contributed by atoms with van der Waals surface area (Å²) in [5.74, 6) is 1.18. The minimum Gasteiger partial charge on any atom is -0.491 e. The van der Waals surface area contributed by atoms with E-state index in [0.717, 1.165) is 54.9 Å². The Morgan fingerprint density at radius 2 is 1.02 bits per heavy atom. The van der Waals surface area contributed by atoms with Crippen LogP contribution < -0.4 is 9.47 Å². The summed E-state index contributed by atoms with van der Waals surface area (Å²) in [6.07, 6.45) is -1.35. The van der Waals surface area contributed by atoms with E-state index in [4.69, 9.17) is 19.3 Å². The maximum atomic E-state index is 10.9. The highest BCUT2D eigenvalue weighted by Crippen LogP contribution is 2.46. The number of ether oxygens (including phenoxy) is 3. The van der Waals surface area contributed by atoms with Crippen molar-refractivity contribution >= 4 is 27.7 Å². The fraction of sp³-hybridized carbons (Fsp3) is 0.108. The lowest BCUT2D eigenvalue weighted by Gasteiger charge is -2.20. The molecule has 0 saturated carbocycles. The molecule has 0 heterocycles. The number of fused-ring (bicyclic) bond motifs is 2. The Balaban J connectivity index is 1.56. The lowest BCUT2D eigenvalue weighted by Crippen LogP contribution is -2.11. The Labute approximate surface area is 249 Å². The molecule has 0 bridgehead atoms. The molecule has 6 aromatic carbocycles. The second-order valence-corrected chi connectivity index (χ2v) is 10.0. The van der Waals surface area contributed by atoms with E-state index >= 15 is 0 Å². The van der Waals surface area contributed by atoms with Crippen LogP contribution in [0, 0.1) is 0 Å². The predicted molar refractivity (Wildman–Crippen MR) is 170 cm³/mol. The number of carbonyl (C=O) groups is 1. The predicted octanol–water partition coefficient (Wildman–Crippen LogP) is 8.44. The van der Waals surface area contributed by atoms with Gasteiger partial charge in [0, 0.05) is 11.1 Å². The number of hydrogen-bond acceptors (Lipinski definition) is 5. The van der Waals surface area contributed by atoms with Gasteiger partial charge in [-0.25, -0.2) is 4.79 Å². The first-order valence-corrected chi connectivity index (χ1v) is 14.1. The van der Waals surface area contributed by atoms with Crippen molar-refractivity contribution in [1.29, 1.82) is 0 Å². The Morgan fingerprint density at radius 1 is 0.535 bits per heavy atom. The van der Waals surface area contributed by atoms with Crippen molar-refractivity contribution < 1.29 is 29.2 Å². The van der Waals surface area contributed by atoms with Crippen LogP contribution in [0.4, 0.5) is 4.79 Å². The van der Waals surface area contributed by atoms with Gasteiger partial charge in [-0.1, -0.05) is 97.1 Å². The first-order chi connectivity index (χ1) is 21.1. The number of aliphatic hydroxyl groups is 1. The smallest absolute Gasteiger partial charge is 0.491 e. The fourth-order valence-corrected chi connectivity index (χ4v) is 5.43. The monoisotopic (exact) mass is 570 g/mol. The third kappa shape index (κ3) is 6.01. The Morgan fingerprint density at radius 3 is 1.49 bits per heavy atom. The van der Waals surface area contributed by atoms with Crippen LogP contribution in [0.1, 0.15) is 0 Å². The van der Waals surface area contributed by atoms with E-state index in [1.54, 1.807) is 0 Å². The van der Waals surface area contributed by atoms with Crippen LogP contribution >= 0.6 is 0 Å². The molecule has 43 heavy (non-hydrogen) atoms. The van der Waals surface area contributed by atoms with Crippen molar-refractivity contribution in [1.82, 2.24) is 0 Å². The number of benzene rings is 6. The average molecular weight is 571 g/mol. The summed E-state index contributed by atoms with van der Waals surface area (Å²) in [6.45, 7) is -0.0608. The molecule has 0 saturated heterocycles. The zero-order valence-corrected chi connectivity index (χ0v) is 23.4. The highest BCUT2D eigenvalue weighted by molar-refractivity contribution is 6.11. The van der Waals surface area contributed by atoms with E-state index in [0.29, 0.717) is 11.5 Å². The van der Waals surface area contributed by atoms with Crippen molar-refractivity contribution in [3.05, 3.63) is 121 Å². The molecule has 0 aromatic heterocycles. The fourth-order valence-electron chi connectivity index (χ4n) is 5.43. The largest absolute Gasteiger partial charge is 0.505 e. The second-order valence-electron chi connectivity index (χ2n) is 10.0. The molecule has 0 aliphatic carbocycles. The molecule has 0 aliphatic heterocycles. The zero-order chi connectivity index (χ0) is 29.6. The molecule has 6 rings (SSSR count). The van der Waals surface area contributed by atoms with Crippen molar-refractivity contribution in [2.45, 2.75) is 0 Å². The number of carboxylic acid groups (broad SMARTS) is 1. The molecular weight excluding hydrogens is 540 g/mol. The van der Waals surface area contributed by atoms with E-state index in [1.165, 1.54) is 0 Å². The molecule has 2 N–H and O–H groups in total. The van der Waals surface area contributed by atoms with Gasteiger partial charge in [-0.15, -0.1) is 0 Å². The van der Waals surface area contributed by atoms with Crippen molar-refractivity contribution in [2.75, 3.05) is 26.4 Å². The normalized spacial score (nSPS) is 11.0. The molecular formula is C37H30O6. The van der Waals surface area contributed by atoms with E-state index in [2.05, 4.69) is 60.7 Å². The summed E-state index contributed by atoms with van der Waals surface area (Å²) in [6, 6.07) is 40.9. The molecule has 0 spiro atoms. The number of rotatable bonds is 10. The van der Waals surface area contributed by atoms with Gasteiger partial charge in [-0.3, -0.25) is 0 Å². The van der Waals surface area contributed by atoms with Crippen LogP contribution in [0.3, 0.4) is 0 Å². The number of hydrogen-bond donors (Lipinski definition) is 2. The van der Waals surface area contributed by atoms with Crippen LogP contribution in [-0.2, 0) is 4.74 Å². The number of aliphatic hydroxyl groups excluding tert-OH is 1. The topological polar surface area (TPSA) is 85.2 Å². The maximum Gasteiger partial charge on any atom is 0.505 e. The van der Waals surface area contributed by atoms with Crippen LogP contribution in [0.2, 0.25) is 0 Å². The third-order valence-electron chi connectivity index (χ3n) is 7.34. The summed E-state index contributed by atoms with van der Waals surface area (Å²) >= 11 is 0. The van der Waals surface area contributed by atoms with Crippen molar-refractivity contribution in [2.24, 2.45) is 0 Å². The summed E-state index contributed by atoms with van der Waals surface area (Å²) in [4.78, 5) is 10.9. The quantitative estimate of drug-likeness (QED) is 0.127. The SMILES string of the molecule is O=C(O)OCCOc1ccc2cc(-c3ccccc3)ccc2c1-c1c(OCCO)ccc2cc(-c3ccccc3)ccc12. The molecule has 0 amide bonds.